The molecule has 0 unspecified atom stereocenters. The van der Waals surface area contributed by atoms with E-state index in [1.54, 1.807) is 12.4 Å². The van der Waals surface area contributed by atoms with Gasteiger partial charge in [-0.3, -0.25) is 4.79 Å². The quantitative estimate of drug-likeness (QED) is 0.810. The SMILES string of the molecule is O=c1c(NC2CCNCC2)nccn1C1CC1. The molecule has 5 heteroatoms. The summed E-state index contributed by atoms with van der Waals surface area (Å²) in [5.41, 5.74) is 0.0357. The summed E-state index contributed by atoms with van der Waals surface area (Å²) < 4.78 is 1.82. The molecule has 1 aromatic heterocycles. The molecule has 17 heavy (non-hydrogen) atoms. The van der Waals surface area contributed by atoms with Gasteiger partial charge in [0.05, 0.1) is 0 Å². The Morgan fingerprint density at radius 1 is 1.29 bits per heavy atom. The third-order valence-electron chi connectivity index (χ3n) is 3.49. The summed E-state index contributed by atoms with van der Waals surface area (Å²) in [5.74, 6) is 0.520. The highest BCUT2D eigenvalue weighted by Crippen LogP contribution is 2.33. The van der Waals surface area contributed by atoms with Crippen molar-refractivity contribution in [3.05, 3.63) is 22.7 Å². The van der Waals surface area contributed by atoms with Gasteiger partial charge in [-0.2, -0.15) is 0 Å². The molecular weight excluding hydrogens is 216 g/mol. The molecule has 1 saturated carbocycles. The van der Waals surface area contributed by atoms with E-state index < -0.39 is 0 Å². The molecule has 2 N–H and O–H groups in total. The average Bonchev–Trinajstić information content (AvgIpc) is 3.17. The van der Waals surface area contributed by atoms with E-state index in [1.807, 2.05) is 4.57 Å². The van der Waals surface area contributed by atoms with Gasteiger partial charge in [0.25, 0.3) is 5.56 Å². The normalized spacial score (nSPS) is 21.4. The monoisotopic (exact) mass is 234 g/mol. The van der Waals surface area contributed by atoms with Gasteiger partial charge in [-0.25, -0.2) is 4.98 Å². The zero-order valence-corrected chi connectivity index (χ0v) is 9.85. The van der Waals surface area contributed by atoms with Gasteiger partial charge in [0.15, 0.2) is 5.82 Å². The third kappa shape index (κ3) is 2.34. The molecule has 0 atom stereocenters. The number of nitrogens with one attached hydrogen (secondary N) is 2. The Morgan fingerprint density at radius 3 is 2.76 bits per heavy atom. The first-order valence-electron chi connectivity index (χ1n) is 6.39. The predicted octanol–water partition coefficient (Wildman–Crippen LogP) is 0.742. The van der Waals surface area contributed by atoms with Gasteiger partial charge in [0, 0.05) is 24.5 Å². The lowest BCUT2D eigenvalue weighted by atomic mass is 10.1. The average molecular weight is 234 g/mol. The summed E-state index contributed by atoms with van der Waals surface area (Å²) in [5, 5.41) is 6.60. The summed E-state index contributed by atoms with van der Waals surface area (Å²) in [6, 6.07) is 0.797. The van der Waals surface area contributed by atoms with Crippen LogP contribution in [0, 0.1) is 0 Å². The molecule has 1 aromatic rings. The Balaban J connectivity index is 1.77. The Kier molecular flexibility index (Phi) is 2.84. The van der Waals surface area contributed by atoms with Crippen LogP contribution in [0.25, 0.3) is 0 Å². The van der Waals surface area contributed by atoms with Gasteiger partial charge < -0.3 is 15.2 Å². The van der Waals surface area contributed by atoms with Crippen molar-refractivity contribution in [1.82, 2.24) is 14.9 Å². The molecule has 0 aromatic carbocycles. The Morgan fingerprint density at radius 2 is 2.06 bits per heavy atom. The summed E-state index contributed by atoms with van der Waals surface area (Å²) in [6.45, 7) is 2.03. The van der Waals surface area contributed by atoms with Crippen molar-refractivity contribution in [3.8, 4) is 0 Å². The molecule has 3 rings (SSSR count). The zero-order chi connectivity index (χ0) is 11.7. The van der Waals surface area contributed by atoms with E-state index in [4.69, 9.17) is 0 Å². The third-order valence-corrected chi connectivity index (χ3v) is 3.49. The van der Waals surface area contributed by atoms with Gasteiger partial charge in [-0.1, -0.05) is 0 Å². The van der Waals surface area contributed by atoms with Crippen LogP contribution in [0.2, 0.25) is 0 Å². The molecule has 0 bridgehead atoms. The fourth-order valence-corrected chi connectivity index (χ4v) is 2.32. The largest absolute Gasteiger partial charge is 0.363 e. The van der Waals surface area contributed by atoms with E-state index in [9.17, 15) is 4.79 Å². The smallest absolute Gasteiger partial charge is 0.293 e. The molecule has 1 saturated heterocycles. The van der Waals surface area contributed by atoms with Gasteiger partial charge in [-0.15, -0.1) is 0 Å². The molecule has 0 amide bonds. The fourth-order valence-electron chi connectivity index (χ4n) is 2.32. The first-order chi connectivity index (χ1) is 8.34. The first-order valence-corrected chi connectivity index (χ1v) is 6.39. The van der Waals surface area contributed by atoms with Crippen LogP contribution in [-0.2, 0) is 0 Å². The van der Waals surface area contributed by atoms with Crippen LogP contribution < -0.4 is 16.2 Å². The number of nitrogens with zero attached hydrogens (tertiary/aromatic N) is 2. The number of rotatable bonds is 3. The van der Waals surface area contributed by atoms with Crippen molar-refractivity contribution in [2.45, 2.75) is 37.8 Å². The summed E-state index contributed by atoms with van der Waals surface area (Å²) in [4.78, 5) is 16.3. The zero-order valence-electron chi connectivity index (χ0n) is 9.85. The highest BCUT2D eigenvalue weighted by Gasteiger charge is 2.25. The Bertz CT molecular complexity index is 446. The maximum Gasteiger partial charge on any atom is 0.293 e. The van der Waals surface area contributed by atoms with Gasteiger partial charge in [-0.05, 0) is 38.8 Å². The van der Waals surface area contributed by atoms with Crippen LogP contribution in [0.4, 0.5) is 5.82 Å². The van der Waals surface area contributed by atoms with E-state index in [1.165, 1.54) is 0 Å². The van der Waals surface area contributed by atoms with Crippen molar-refractivity contribution < 1.29 is 0 Å². The lowest BCUT2D eigenvalue weighted by Crippen LogP contribution is -2.37. The van der Waals surface area contributed by atoms with E-state index in [-0.39, 0.29) is 5.56 Å². The standard InChI is InChI=1S/C12H18N4O/c17-12-11(15-9-3-5-13-6-4-9)14-7-8-16(12)10-1-2-10/h7-10,13H,1-6H2,(H,14,15). The molecule has 0 spiro atoms. The summed E-state index contributed by atoms with van der Waals surface area (Å²) in [6.07, 6.45) is 7.88. The number of hydrogen-bond donors (Lipinski definition) is 2. The second-order valence-corrected chi connectivity index (χ2v) is 4.89. The van der Waals surface area contributed by atoms with Crippen molar-refractivity contribution in [3.63, 3.8) is 0 Å². The van der Waals surface area contributed by atoms with Crippen molar-refractivity contribution in [2.75, 3.05) is 18.4 Å². The van der Waals surface area contributed by atoms with Gasteiger partial charge >= 0.3 is 0 Å². The highest BCUT2D eigenvalue weighted by atomic mass is 16.1. The van der Waals surface area contributed by atoms with Crippen LogP contribution in [0.5, 0.6) is 0 Å². The molecule has 1 aliphatic heterocycles. The van der Waals surface area contributed by atoms with Crippen LogP contribution in [0.1, 0.15) is 31.7 Å². The molecule has 0 radical (unpaired) electrons. The summed E-state index contributed by atoms with van der Waals surface area (Å²) in [7, 11) is 0. The maximum atomic E-state index is 12.1. The van der Waals surface area contributed by atoms with Crippen LogP contribution in [-0.4, -0.2) is 28.7 Å². The molecule has 5 nitrogen and oxygen atoms in total. The van der Waals surface area contributed by atoms with Crippen LogP contribution >= 0.6 is 0 Å². The Labute approximate surface area is 100 Å². The minimum atomic E-state index is 0.0357. The van der Waals surface area contributed by atoms with Crippen LogP contribution in [0.15, 0.2) is 17.2 Å². The molecule has 2 heterocycles. The van der Waals surface area contributed by atoms with Crippen molar-refractivity contribution in [2.24, 2.45) is 0 Å². The minimum Gasteiger partial charge on any atom is -0.363 e. The number of anilines is 1. The summed E-state index contributed by atoms with van der Waals surface area (Å²) >= 11 is 0. The number of aromatic nitrogens is 2. The number of piperidine rings is 1. The maximum absolute atomic E-state index is 12.1. The van der Waals surface area contributed by atoms with Gasteiger partial charge in [0.1, 0.15) is 0 Å². The first kappa shape index (κ1) is 10.8. The molecule has 2 aliphatic rings. The lowest BCUT2D eigenvalue weighted by molar-refractivity contribution is 0.477. The van der Waals surface area contributed by atoms with E-state index in [0.717, 1.165) is 38.8 Å². The second kappa shape index (κ2) is 4.49. The second-order valence-electron chi connectivity index (χ2n) is 4.89. The topological polar surface area (TPSA) is 59.0 Å². The molecule has 1 aliphatic carbocycles. The van der Waals surface area contributed by atoms with Crippen molar-refractivity contribution >= 4 is 5.82 Å². The molecule has 2 fully saturated rings. The van der Waals surface area contributed by atoms with Crippen LogP contribution in [0.3, 0.4) is 0 Å². The lowest BCUT2D eigenvalue weighted by Gasteiger charge is -2.23. The fraction of sp³-hybridized carbons (Fsp3) is 0.667. The van der Waals surface area contributed by atoms with E-state index in [2.05, 4.69) is 15.6 Å². The Hall–Kier alpha value is -1.36. The minimum absolute atomic E-state index is 0.0357. The van der Waals surface area contributed by atoms with Gasteiger partial charge in [0.2, 0.25) is 0 Å². The molecular formula is C12H18N4O. The number of hydrogen-bond acceptors (Lipinski definition) is 4. The predicted molar refractivity (Wildman–Crippen MR) is 66.3 cm³/mol. The molecule has 92 valence electrons. The van der Waals surface area contributed by atoms with E-state index >= 15 is 0 Å². The van der Waals surface area contributed by atoms with E-state index in [0.29, 0.717) is 17.9 Å². The highest BCUT2D eigenvalue weighted by molar-refractivity contribution is 5.32. The van der Waals surface area contributed by atoms with Crippen molar-refractivity contribution in [1.29, 1.82) is 0 Å².